The molecule has 1 heterocycles. The molecule has 1 aliphatic heterocycles. The lowest BCUT2D eigenvalue weighted by atomic mass is 9.91. The molecule has 0 bridgehead atoms. The first kappa shape index (κ1) is 16.9. The highest BCUT2D eigenvalue weighted by molar-refractivity contribution is 4.85. The molecule has 2 N–H and O–H groups in total. The summed E-state index contributed by atoms with van der Waals surface area (Å²) in [5.74, 6) is 1.34. The van der Waals surface area contributed by atoms with Crippen molar-refractivity contribution in [3.05, 3.63) is 0 Å². The number of nitrogens with one attached hydrogen (secondary N) is 1. The highest BCUT2D eigenvalue weighted by Gasteiger charge is 2.27. The van der Waals surface area contributed by atoms with E-state index in [1.807, 2.05) is 6.92 Å². The predicted molar refractivity (Wildman–Crippen MR) is 82.4 cm³/mol. The summed E-state index contributed by atoms with van der Waals surface area (Å²) >= 11 is 0. The second-order valence-corrected chi connectivity index (χ2v) is 7.08. The van der Waals surface area contributed by atoms with Gasteiger partial charge in [-0.05, 0) is 51.1 Å². The summed E-state index contributed by atoms with van der Waals surface area (Å²) in [6.45, 7) is 15.2. The van der Waals surface area contributed by atoms with Crippen molar-refractivity contribution in [3.63, 3.8) is 0 Å². The van der Waals surface area contributed by atoms with Crippen molar-refractivity contribution >= 4 is 0 Å². The van der Waals surface area contributed by atoms with Gasteiger partial charge in [0.15, 0.2) is 0 Å². The molecule has 3 nitrogen and oxygen atoms in total. The molecular weight excluding hydrogens is 236 g/mol. The maximum atomic E-state index is 10.4. The van der Waals surface area contributed by atoms with Crippen LogP contribution in [0.1, 0.15) is 53.9 Å². The molecule has 0 saturated carbocycles. The van der Waals surface area contributed by atoms with E-state index < -0.39 is 5.60 Å². The zero-order valence-electron chi connectivity index (χ0n) is 13.6. The molecule has 19 heavy (non-hydrogen) atoms. The van der Waals surface area contributed by atoms with Crippen LogP contribution in [0.15, 0.2) is 0 Å². The third-order valence-corrected chi connectivity index (χ3v) is 4.44. The molecule has 0 aromatic carbocycles. The molecule has 3 heteroatoms. The van der Waals surface area contributed by atoms with E-state index in [-0.39, 0.29) is 0 Å². The third kappa shape index (κ3) is 6.24. The monoisotopic (exact) mass is 270 g/mol. The van der Waals surface area contributed by atoms with Crippen molar-refractivity contribution in [2.24, 2.45) is 11.8 Å². The van der Waals surface area contributed by atoms with Gasteiger partial charge in [0.25, 0.3) is 0 Å². The van der Waals surface area contributed by atoms with E-state index in [1.54, 1.807) is 0 Å². The van der Waals surface area contributed by atoms with Crippen LogP contribution < -0.4 is 5.32 Å². The summed E-state index contributed by atoms with van der Waals surface area (Å²) < 4.78 is 0. The van der Waals surface area contributed by atoms with E-state index in [9.17, 15) is 5.11 Å². The molecule has 0 aliphatic carbocycles. The Morgan fingerprint density at radius 2 is 2.11 bits per heavy atom. The Kier molecular flexibility index (Phi) is 6.78. The van der Waals surface area contributed by atoms with Crippen molar-refractivity contribution in [1.29, 1.82) is 0 Å². The lowest BCUT2D eigenvalue weighted by Gasteiger charge is -2.38. The quantitative estimate of drug-likeness (QED) is 0.746. The predicted octanol–water partition coefficient (Wildman–Crippen LogP) is 2.49. The largest absolute Gasteiger partial charge is 0.389 e. The Balaban J connectivity index is 2.31. The van der Waals surface area contributed by atoms with Crippen LogP contribution in [0.2, 0.25) is 0 Å². The molecule has 3 atom stereocenters. The second-order valence-electron chi connectivity index (χ2n) is 7.08. The summed E-state index contributed by atoms with van der Waals surface area (Å²) in [5.41, 5.74) is -0.564. The number of likely N-dealkylation sites (tertiary alicyclic amines) is 1. The normalized spacial score (nSPS) is 28.6. The Labute approximate surface area is 119 Å². The summed E-state index contributed by atoms with van der Waals surface area (Å²) in [6, 6.07) is 0.563. The first-order valence-electron chi connectivity index (χ1n) is 8.02. The highest BCUT2D eigenvalue weighted by Crippen LogP contribution is 2.19. The van der Waals surface area contributed by atoms with Crippen molar-refractivity contribution in [2.75, 3.05) is 26.2 Å². The number of aliphatic hydroxyl groups is 1. The van der Waals surface area contributed by atoms with Crippen LogP contribution in [0, 0.1) is 11.8 Å². The van der Waals surface area contributed by atoms with E-state index >= 15 is 0 Å². The Morgan fingerprint density at radius 1 is 1.42 bits per heavy atom. The van der Waals surface area contributed by atoms with Crippen LogP contribution in [0.5, 0.6) is 0 Å². The lowest BCUT2D eigenvalue weighted by molar-refractivity contribution is 0.0357. The van der Waals surface area contributed by atoms with E-state index in [4.69, 9.17) is 0 Å². The van der Waals surface area contributed by atoms with Crippen molar-refractivity contribution in [2.45, 2.75) is 65.5 Å². The van der Waals surface area contributed by atoms with Gasteiger partial charge in [-0.1, -0.05) is 27.7 Å². The number of hydrogen-bond acceptors (Lipinski definition) is 3. The molecular formula is C16H34N2O. The minimum Gasteiger partial charge on any atom is -0.389 e. The lowest BCUT2D eigenvalue weighted by Crippen LogP contribution is -2.51. The summed E-state index contributed by atoms with van der Waals surface area (Å²) in [6.07, 6.45) is 3.19. The van der Waals surface area contributed by atoms with Crippen LogP contribution >= 0.6 is 0 Å². The smallest absolute Gasteiger partial charge is 0.0743 e. The van der Waals surface area contributed by atoms with Gasteiger partial charge in [-0.3, -0.25) is 0 Å². The van der Waals surface area contributed by atoms with E-state index in [2.05, 4.69) is 37.9 Å². The average Bonchev–Trinajstić information content (AvgIpc) is 2.35. The van der Waals surface area contributed by atoms with E-state index in [1.165, 1.54) is 19.5 Å². The van der Waals surface area contributed by atoms with Crippen molar-refractivity contribution < 1.29 is 5.11 Å². The molecule has 0 spiro atoms. The highest BCUT2D eigenvalue weighted by atomic mass is 16.3. The molecule has 3 unspecified atom stereocenters. The average molecular weight is 270 g/mol. The first-order valence-corrected chi connectivity index (χ1v) is 8.02. The maximum absolute atomic E-state index is 10.4. The van der Waals surface area contributed by atoms with Gasteiger partial charge in [-0.15, -0.1) is 0 Å². The Bertz CT molecular complexity index is 253. The van der Waals surface area contributed by atoms with Crippen LogP contribution in [0.25, 0.3) is 0 Å². The fourth-order valence-electron chi connectivity index (χ4n) is 2.86. The standard InChI is InChI=1S/C16H34N2O/c1-6-18-10-8-15(14(4)11-18)17-12-16(5,19)9-7-13(2)3/h13-15,17,19H,6-12H2,1-5H3. The van der Waals surface area contributed by atoms with Crippen molar-refractivity contribution in [3.8, 4) is 0 Å². The van der Waals surface area contributed by atoms with Gasteiger partial charge in [-0.25, -0.2) is 0 Å². The van der Waals surface area contributed by atoms with Gasteiger partial charge < -0.3 is 15.3 Å². The molecule has 0 amide bonds. The van der Waals surface area contributed by atoms with Crippen LogP contribution in [-0.4, -0.2) is 47.8 Å². The van der Waals surface area contributed by atoms with Crippen LogP contribution in [0.4, 0.5) is 0 Å². The molecule has 1 aliphatic rings. The number of piperidine rings is 1. The SMILES string of the molecule is CCN1CCC(NCC(C)(O)CCC(C)C)C(C)C1. The molecule has 0 radical (unpaired) electrons. The van der Waals surface area contributed by atoms with Gasteiger partial charge >= 0.3 is 0 Å². The fourth-order valence-corrected chi connectivity index (χ4v) is 2.86. The molecule has 0 aromatic heterocycles. The number of hydrogen-bond donors (Lipinski definition) is 2. The third-order valence-electron chi connectivity index (χ3n) is 4.44. The Hall–Kier alpha value is -0.120. The molecule has 1 rings (SSSR count). The minimum atomic E-state index is -0.564. The van der Waals surface area contributed by atoms with E-state index in [0.717, 1.165) is 25.9 Å². The number of nitrogens with zero attached hydrogens (tertiary/aromatic N) is 1. The van der Waals surface area contributed by atoms with Gasteiger partial charge in [0, 0.05) is 19.1 Å². The summed E-state index contributed by atoms with van der Waals surface area (Å²) in [4.78, 5) is 2.51. The zero-order chi connectivity index (χ0) is 14.5. The zero-order valence-corrected chi connectivity index (χ0v) is 13.6. The first-order chi connectivity index (χ1) is 8.84. The minimum absolute atomic E-state index is 0.563. The van der Waals surface area contributed by atoms with Gasteiger partial charge in [0.05, 0.1) is 5.60 Å². The fraction of sp³-hybridized carbons (Fsp3) is 1.00. The van der Waals surface area contributed by atoms with Gasteiger partial charge in [0.2, 0.25) is 0 Å². The van der Waals surface area contributed by atoms with Gasteiger partial charge in [-0.2, -0.15) is 0 Å². The van der Waals surface area contributed by atoms with Gasteiger partial charge in [0.1, 0.15) is 0 Å². The summed E-state index contributed by atoms with van der Waals surface area (Å²) in [7, 11) is 0. The van der Waals surface area contributed by atoms with Crippen molar-refractivity contribution in [1.82, 2.24) is 10.2 Å². The maximum Gasteiger partial charge on any atom is 0.0743 e. The van der Waals surface area contributed by atoms with E-state index in [0.29, 0.717) is 17.9 Å². The second kappa shape index (κ2) is 7.61. The Morgan fingerprint density at radius 3 is 2.63 bits per heavy atom. The van der Waals surface area contributed by atoms with Crippen LogP contribution in [0.3, 0.4) is 0 Å². The number of rotatable bonds is 7. The topological polar surface area (TPSA) is 35.5 Å². The molecule has 0 aromatic rings. The molecule has 1 fully saturated rings. The molecule has 1 saturated heterocycles. The summed E-state index contributed by atoms with van der Waals surface area (Å²) in [5, 5.41) is 14.0. The van der Waals surface area contributed by atoms with Crippen LogP contribution in [-0.2, 0) is 0 Å². The molecule has 114 valence electrons.